The lowest BCUT2D eigenvalue weighted by molar-refractivity contribution is 0.0697. The zero-order chi connectivity index (χ0) is 19.2. The lowest BCUT2D eigenvalue weighted by atomic mass is 10.2. The zero-order valence-corrected chi connectivity index (χ0v) is 18.1. The van der Waals surface area contributed by atoms with Crippen molar-refractivity contribution in [2.45, 2.75) is 58.9 Å². The summed E-state index contributed by atoms with van der Waals surface area (Å²) in [6.07, 6.45) is -0.315. The average Bonchev–Trinajstić information content (AvgIpc) is 2.99. The van der Waals surface area contributed by atoms with Crippen LogP contribution >= 0.6 is 22.9 Å². The minimum absolute atomic E-state index is 0.0552. The molecule has 0 amide bonds. The van der Waals surface area contributed by atoms with Crippen molar-refractivity contribution >= 4 is 37.2 Å². The maximum absolute atomic E-state index is 11.6. The van der Waals surface area contributed by atoms with E-state index in [0.717, 1.165) is 0 Å². The molecule has 0 saturated carbocycles. The van der Waals surface area contributed by atoms with E-state index in [1.54, 1.807) is 16.9 Å². The molecule has 0 aliphatic rings. The lowest BCUT2D eigenvalue weighted by Crippen LogP contribution is -2.41. The molecule has 2 heterocycles. The van der Waals surface area contributed by atoms with Crippen molar-refractivity contribution in [1.29, 1.82) is 0 Å². The van der Waals surface area contributed by atoms with Crippen molar-refractivity contribution in [2.24, 2.45) is 0 Å². The number of halogens is 1. The third kappa shape index (κ3) is 3.81. The Labute approximate surface area is 157 Å². The van der Waals surface area contributed by atoms with E-state index in [1.807, 2.05) is 6.92 Å². The quantitative estimate of drug-likeness (QED) is 0.707. The summed E-state index contributed by atoms with van der Waals surface area (Å²) in [6, 6.07) is 0. The van der Waals surface area contributed by atoms with Crippen molar-refractivity contribution in [3.05, 3.63) is 27.6 Å². The van der Waals surface area contributed by atoms with Crippen LogP contribution in [0.2, 0.25) is 23.2 Å². The molecule has 6 nitrogen and oxygen atoms in total. The smallest absolute Gasteiger partial charge is 0.340 e. The summed E-state index contributed by atoms with van der Waals surface area (Å²) in [5.41, 5.74) is 0.0651. The molecule has 0 fully saturated rings. The van der Waals surface area contributed by atoms with E-state index in [-0.39, 0.29) is 21.7 Å². The predicted molar refractivity (Wildman–Crippen MR) is 103 cm³/mol. The van der Waals surface area contributed by atoms with Gasteiger partial charge in [-0.15, -0.1) is 21.5 Å². The fourth-order valence-electron chi connectivity index (χ4n) is 2.25. The Morgan fingerprint density at radius 1 is 1.40 bits per heavy atom. The van der Waals surface area contributed by atoms with Crippen LogP contribution in [0.3, 0.4) is 0 Å². The largest absolute Gasteiger partial charge is 0.478 e. The van der Waals surface area contributed by atoms with Crippen LogP contribution in [0.5, 0.6) is 0 Å². The first-order valence-corrected chi connectivity index (χ1v) is 12.1. The number of aromatic carboxylic acids is 1. The normalized spacial score (nSPS) is 13.9. The van der Waals surface area contributed by atoms with E-state index in [4.69, 9.17) is 16.0 Å². The molecule has 0 aliphatic carbocycles. The molecular formula is C16H24ClN3O3SSi. The number of hydrogen-bond acceptors (Lipinski definition) is 5. The SMILES string of the molecule is Cc1nnc([C@H](C)O[Si](C)(C)C(C)(C)C)n1-c1scc(Cl)c1C(=O)O. The van der Waals surface area contributed by atoms with Crippen molar-refractivity contribution in [3.8, 4) is 5.00 Å². The Hall–Kier alpha value is -1.22. The van der Waals surface area contributed by atoms with Gasteiger partial charge in [0.25, 0.3) is 0 Å². The van der Waals surface area contributed by atoms with E-state index in [1.165, 1.54) is 11.3 Å². The third-order valence-corrected chi connectivity index (χ3v) is 10.6. The summed E-state index contributed by atoms with van der Waals surface area (Å²) in [5.74, 6) is 0.114. The highest BCUT2D eigenvalue weighted by Crippen LogP contribution is 2.40. The summed E-state index contributed by atoms with van der Waals surface area (Å²) < 4.78 is 8.14. The number of carboxylic acid groups (broad SMARTS) is 1. The molecule has 0 spiro atoms. The second-order valence-corrected chi connectivity index (χ2v) is 13.6. The molecule has 2 aromatic heterocycles. The van der Waals surface area contributed by atoms with Crippen molar-refractivity contribution < 1.29 is 14.3 Å². The van der Waals surface area contributed by atoms with Gasteiger partial charge in [-0.2, -0.15) is 0 Å². The average molecular weight is 402 g/mol. The van der Waals surface area contributed by atoms with E-state index >= 15 is 0 Å². The van der Waals surface area contributed by atoms with Crippen LogP contribution in [0.4, 0.5) is 0 Å². The van der Waals surface area contributed by atoms with Gasteiger partial charge in [0.15, 0.2) is 14.1 Å². The molecule has 138 valence electrons. The Kier molecular flexibility index (Phi) is 5.49. The van der Waals surface area contributed by atoms with Crippen LogP contribution in [-0.2, 0) is 4.43 Å². The first kappa shape index (κ1) is 20.1. The molecule has 0 saturated heterocycles. The fraction of sp³-hybridized carbons (Fsp3) is 0.562. The van der Waals surface area contributed by atoms with E-state index < -0.39 is 14.3 Å². The molecule has 0 radical (unpaired) electrons. The maximum Gasteiger partial charge on any atom is 0.340 e. The fourth-order valence-corrected chi connectivity index (χ4v) is 4.93. The Bertz CT molecular complexity index is 795. The molecular weight excluding hydrogens is 378 g/mol. The van der Waals surface area contributed by atoms with Gasteiger partial charge in [-0.05, 0) is 32.0 Å². The van der Waals surface area contributed by atoms with Gasteiger partial charge in [-0.25, -0.2) is 4.79 Å². The molecule has 0 aliphatic heterocycles. The van der Waals surface area contributed by atoms with Gasteiger partial charge in [0.05, 0.1) is 5.02 Å². The number of nitrogens with zero attached hydrogens (tertiary/aromatic N) is 3. The minimum Gasteiger partial charge on any atom is -0.478 e. The van der Waals surface area contributed by atoms with E-state index in [2.05, 4.69) is 44.1 Å². The van der Waals surface area contributed by atoms with E-state index in [0.29, 0.717) is 16.6 Å². The second-order valence-electron chi connectivity index (χ2n) is 7.53. The number of aryl methyl sites for hydroxylation is 1. The summed E-state index contributed by atoms with van der Waals surface area (Å²) in [7, 11) is -2.02. The van der Waals surface area contributed by atoms with Gasteiger partial charge in [-0.3, -0.25) is 4.57 Å². The highest BCUT2D eigenvalue weighted by molar-refractivity contribution is 7.13. The van der Waals surface area contributed by atoms with Gasteiger partial charge in [-0.1, -0.05) is 32.4 Å². The maximum atomic E-state index is 11.6. The summed E-state index contributed by atoms with van der Waals surface area (Å²) in [6.45, 7) is 14.6. The van der Waals surface area contributed by atoms with Crippen LogP contribution in [0.25, 0.3) is 5.00 Å². The molecule has 25 heavy (non-hydrogen) atoms. The van der Waals surface area contributed by atoms with Crippen LogP contribution in [0, 0.1) is 6.92 Å². The Morgan fingerprint density at radius 3 is 2.52 bits per heavy atom. The van der Waals surface area contributed by atoms with Crippen LogP contribution in [0.15, 0.2) is 5.38 Å². The van der Waals surface area contributed by atoms with Gasteiger partial charge < -0.3 is 9.53 Å². The lowest BCUT2D eigenvalue weighted by Gasteiger charge is -2.38. The molecule has 0 unspecified atom stereocenters. The number of thiophene rings is 1. The number of rotatable bonds is 5. The first-order valence-electron chi connectivity index (χ1n) is 7.97. The summed E-state index contributed by atoms with van der Waals surface area (Å²) in [4.78, 5) is 11.6. The summed E-state index contributed by atoms with van der Waals surface area (Å²) in [5, 5.41) is 20.3. The van der Waals surface area contributed by atoms with Gasteiger partial charge >= 0.3 is 5.97 Å². The highest BCUT2D eigenvalue weighted by Gasteiger charge is 2.39. The monoisotopic (exact) mass is 401 g/mol. The Morgan fingerprint density at radius 2 is 2.00 bits per heavy atom. The van der Waals surface area contributed by atoms with Crippen LogP contribution in [-0.4, -0.2) is 34.2 Å². The molecule has 9 heteroatoms. The molecule has 0 aromatic carbocycles. The molecule has 2 rings (SSSR count). The highest BCUT2D eigenvalue weighted by atomic mass is 35.5. The van der Waals surface area contributed by atoms with Crippen molar-refractivity contribution in [3.63, 3.8) is 0 Å². The number of aromatic nitrogens is 3. The second kappa shape index (κ2) is 6.83. The molecule has 0 bridgehead atoms. The zero-order valence-electron chi connectivity index (χ0n) is 15.5. The van der Waals surface area contributed by atoms with Crippen LogP contribution in [0.1, 0.15) is 55.8 Å². The van der Waals surface area contributed by atoms with Crippen molar-refractivity contribution in [2.75, 3.05) is 0 Å². The minimum atomic E-state index is -2.02. The molecule has 1 N–H and O–H groups in total. The van der Waals surface area contributed by atoms with E-state index in [9.17, 15) is 9.90 Å². The van der Waals surface area contributed by atoms with Gasteiger partial charge in [0.2, 0.25) is 0 Å². The number of hydrogen-bond donors (Lipinski definition) is 1. The first-order chi connectivity index (χ1) is 11.4. The van der Waals surface area contributed by atoms with Gasteiger partial charge in [0.1, 0.15) is 22.5 Å². The van der Waals surface area contributed by atoms with Crippen molar-refractivity contribution in [1.82, 2.24) is 14.8 Å². The topological polar surface area (TPSA) is 77.2 Å². The third-order valence-electron chi connectivity index (χ3n) is 4.63. The standard InChI is InChI=1S/C16H24ClN3O3SSi/c1-9(23-25(6,7)16(3,4)5)13-19-18-10(2)20(13)14-12(15(21)22)11(17)8-24-14/h8-9H,1-7H3,(H,21,22)/t9-/m0/s1. The predicted octanol–water partition coefficient (Wildman–Crippen LogP) is 5.07. The Balaban J connectivity index is 2.49. The summed E-state index contributed by atoms with van der Waals surface area (Å²) >= 11 is 7.32. The molecule has 2 aromatic rings. The molecule has 1 atom stereocenters. The van der Waals surface area contributed by atoms with Gasteiger partial charge in [0, 0.05) is 5.38 Å². The number of carboxylic acids is 1. The van der Waals surface area contributed by atoms with Crippen LogP contribution < -0.4 is 0 Å². The number of carbonyl (C=O) groups is 1.